The number of piperazine rings is 1. The summed E-state index contributed by atoms with van der Waals surface area (Å²) in [6.07, 6.45) is 1.78. The molecule has 1 saturated heterocycles. The molecule has 0 N–H and O–H groups in total. The lowest BCUT2D eigenvalue weighted by molar-refractivity contribution is -0.128. The van der Waals surface area contributed by atoms with Crippen LogP contribution in [0.2, 0.25) is 0 Å². The number of hydrogen-bond acceptors (Lipinski definition) is 5. The Balaban J connectivity index is 1.20. The van der Waals surface area contributed by atoms with Crippen LogP contribution in [0.1, 0.15) is 40.3 Å². The molecule has 8 nitrogen and oxygen atoms in total. The molecule has 3 aromatic rings. The molecule has 1 atom stereocenters. The van der Waals surface area contributed by atoms with Gasteiger partial charge in [0.1, 0.15) is 6.10 Å². The van der Waals surface area contributed by atoms with Gasteiger partial charge in [-0.2, -0.15) is 0 Å². The first kappa shape index (κ1) is 22.0. The zero-order chi connectivity index (χ0) is 23.5. The fourth-order valence-electron chi connectivity index (χ4n) is 4.42. The van der Waals surface area contributed by atoms with Gasteiger partial charge >= 0.3 is 0 Å². The van der Waals surface area contributed by atoms with E-state index in [-0.39, 0.29) is 24.5 Å². The van der Waals surface area contributed by atoms with Crippen LogP contribution in [0.5, 0.6) is 0 Å². The van der Waals surface area contributed by atoms with Gasteiger partial charge in [0.15, 0.2) is 5.69 Å². The summed E-state index contributed by atoms with van der Waals surface area (Å²) in [6.45, 7) is 4.54. The van der Waals surface area contributed by atoms with E-state index < -0.39 is 0 Å². The Morgan fingerprint density at radius 2 is 1.59 bits per heavy atom. The number of nitrogens with zero attached hydrogens (tertiary/aromatic N) is 5. The first-order valence-corrected chi connectivity index (χ1v) is 11.5. The molecular weight excluding hydrogens is 430 g/mol. The number of carbonyl (C=O) groups is 2. The van der Waals surface area contributed by atoms with E-state index >= 15 is 0 Å². The van der Waals surface area contributed by atoms with Crippen molar-refractivity contribution in [3.05, 3.63) is 88.8 Å². The molecule has 0 unspecified atom stereocenters. The van der Waals surface area contributed by atoms with Crippen molar-refractivity contribution in [2.75, 3.05) is 26.2 Å². The van der Waals surface area contributed by atoms with Crippen LogP contribution in [0.3, 0.4) is 0 Å². The van der Waals surface area contributed by atoms with Gasteiger partial charge in [-0.25, -0.2) is 4.68 Å². The molecule has 2 aromatic carbocycles. The fourth-order valence-corrected chi connectivity index (χ4v) is 4.42. The summed E-state index contributed by atoms with van der Waals surface area (Å²) in [5.41, 5.74) is 3.80. The average molecular weight is 458 g/mol. The lowest BCUT2D eigenvalue weighted by Gasteiger charge is -2.34. The van der Waals surface area contributed by atoms with Crippen LogP contribution in [0, 0.1) is 0 Å². The molecule has 0 bridgehead atoms. The Hall–Kier alpha value is -3.78. The van der Waals surface area contributed by atoms with Gasteiger partial charge in [-0.1, -0.05) is 65.9 Å². The van der Waals surface area contributed by atoms with E-state index in [1.807, 2.05) is 73.7 Å². The maximum Gasteiger partial charge on any atom is 0.276 e. The summed E-state index contributed by atoms with van der Waals surface area (Å²) in [7, 11) is 0. The van der Waals surface area contributed by atoms with E-state index in [0.29, 0.717) is 49.7 Å². The molecule has 8 heteroatoms. The summed E-state index contributed by atoms with van der Waals surface area (Å²) < 4.78 is 7.79. The smallest absolute Gasteiger partial charge is 0.276 e. The summed E-state index contributed by atoms with van der Waals surface area (Å²) in [6, 6.07) is 19.8. The SMILES string of the molecule is C/C(=C\c1ccccc1)C(=O)N1CCN(C(=O)c2nnn3c2CO[C@H](c2ccccc2)C3)CC1. The predicted molar refractivity (Wildman–Crippen MR) is 127 cm³/mol. The number of rotatable bonds is 4. The molecule has 34 heavy (non-hydrogen) atoms. The molecule has 0 spiro atoms. The Morgan fingerprint density at radius 3 is 2.29 bits per heavy atom. The van der Waals surface area contributed by atoms with Crippen molar-refractivity contribution in [2.24, 2.45) is 0 Å². The molecule has 2 aliphatic rings. The quantitative estimate of drug-likeness (QED) is 0.563. The van der Waals surface area contributed by atoms with E-state index in [2.05, 4.69) is 10.3 Å². The van der Waals surface area contributed by atoms with E-state index in [9.17, 15) is 9.59 Å². The first-order valence-electron chi connectivity index (χ1n) is 11.5. The summed E-state index contributed by atoms with van der Waals surface area (Å²) in [4.78, 5) is 29.6. The Bertz CT molecular complexity index is 1200. The monoisotopic (exact) mass is 457 g/mol. The standard InChI is InChI=1S/C26H27N5O3/c1-19(16-20-8-4-2-5-9-20)25(32)29-12-14-30(15-13-29)26(33)24-22-18-34-23(17-31(22)28-27-24)21-10-6-3-7-11-21/h2-11,16,23H,12-15,17-18H2,1H3/b19-16+/t23-/m0/s1. The van der Waals surface area contributed by atoms with Crippen molar-refractivity contribution in [3.63, 3.8) is 0 Å². The number of hydrogen-bond donors (Lipinski definition) is 0. The van der Waals surface area contributed by atoms with E-state index in [1.54, 1.807) is 14.5 Å². The van der Waals surface area contributed by atoms with Crippen LogP contribution in [-0.4, -0.2) is 62.8 Å². The van der Waals surface area contributed by atoms with Crippen molar-refractivity contribution in [1.82, 2.24) is 24.8 Å². The minimum absolute atomic E-state index is 0.00246. The van der Waals surface area contributed by atoms with Crippen molar-refractivity contribution in [3.8, 4) is 0 Å². The normalized spacial score (nSPS) is 18.5. The van der Waals surface area contributed by atoms with Gasteiger partial charge in [-0.05, 0) is 24.1 Å². The van der Waals surface area contributed by atoms with Crippen LogP contribution in [0.4, 0.5) is 0 Å². The summed E-state index contributed by atoms with van der Waals surface area (Å²) in [5, 5.41) is 8.40. The van der Waals surface area contributed by atoms with Gasteiger partial charge in [0.05, 0.1) is 18.8 Å². The van der Waals surface area contributed by atoms with E-state index in [1.165, 1.54) is 0 Å². The number of benzene rings is 2. The number of ether oxygens (including phenoxy) is 1. The van der Waals surface area contributed by atoms with Gasteiger partial charge in [0.2, 0.25) is 5.91 Å². The lowest BCUT2D eigenvalue weighted by Crippen LogP contribution is -2.51. The molecule has 2 amide bonds. The first-order chi connectivity index (χ1) is 16.6. The maximum atomic E-state index is 13.2. The van der Waals surface area contributed by atoms with E-state index in [4.69, 9.17) is 4.74 Å². The highest BCUT2D eigenvalue weighted by molar-refractivity contribution is 5.97. The third-order valence-electron chi connectivity index (χ3n) is 6.35. The highest BCUT2D eigenvalue weighted by Crippen LogP contribution is 2.27. The van der Waals surface area contributed by atoms with Crippen LogP contribution in [-0.2, 0) is 22.7 Å². The topological polar surface area (TPSA) is 80.6 Å². The van der Waals surface area contributed by atoms with Crippen LogP contribution in [0.15, 0.2) is 66.2 Å². The molecule has 174 valence electrons. The predicted octanol–water partition coefficient (Wildman–Crippen LogP) is 2.94. The number of fused-ring (bicyclic) bond motifs is 1. The second-order valence-electron chi connectivity index (χ2n) is 8.60. The highest BCUT2D eigenvalue weighted by atomic mass is 16.5. The molecule has 1 fully saturated rings. The molecule has 0 radical (unpaired) electrons. The van der Waals surface area contributed by atoms with Crippen molar-refractivity contribution >= 4 is 17.9 Å². The molecule has 0 saturated carbocycles. The van der Waals surface area contributed by atoms with Crippen molar-refractivity contribution in [1.29, 1.82) is 0 Å². The molecule has 0 aliphatic carbocycles. The van der Waals surface area contributed by atoms with Gasteiger partial charge in [-0.15, -0.1) is 5.10 Å². The lowest BCUT2D eigenvalue weighted by atomic mass is 10.1. The second-order valence-corrected chi connectivity index (χ2v) is 8.60. The van der Waals surface area contributed by atoms with Crippen LogP contribution < -0.4 is 0 Å². The Labute approximate surface area is 198 Å². The number of amides is 2. The largest absolute Gasteiger partial charge is 0.365 e. The van der Waals surface area contributed by atoms with Gasteiger partial charge in [0.25, 0.3) is 5.91 Å². The summed E-state index contributed by atoms with van der Waals surface area (Å²) >= 11 is 0. The molecule has 2 aliphatic heterocycles. The van der Waals surface area contributed by atoms with Crippen molar-refractivity contribution < 1.29 is 14.3 Å². The summed E-state index contributed by atoms with van der Waals surface area (Å²) in [5.74, 6) is -0.163. The minimum Gasteiger partial charge on any atom is -0.365 e. The molecule has 3 heterocycles. The van der Waals surface area contributed by atoms with Crippen molar-refractivity contribution in [2.45, 2.75) is 26.2 Å². The molecule has 5 rings (SSSR count). The second kappa shape index (κ2) is 9.61. The number of carbonyl (C=O) groups excluding carboxylic acids is 2. The Kier molecular flexibility index (Phi) is 6.22. The zero-order valence-electron chi connectivity index (χ0n) is 19.1. The highest BCUT2D eigenvalue weighted by Gasteiger charge is 2.32. The average Bonchev–Trinajstić information content (AvgIpc) is 3.32. The fraction of sp³-hybridized carbons (Fsp3) is 0.308. The third kappa shape index (κ3) is 4.49. The van der Waals surface area contributed by atoms with Gasteiger partial charge in [0, 0.05) is 31.8 Å². The van der Waals surface area contributed by atoms with Gasteiger partial charge < -0.3 is 14.5 Å². The molecule has 1 aromatic heterocycles. The van der Waals surface area contributed by atoms with Gasteiger partial charge in [-0.3, -0.25) is 9.59 Å². The minimum atomic E-state index is -0.161. The molecular formula is C26H27N5O3. The number of aromatic nitrogens is 3. The maximum absolute atomic E-state index is 13.2. The van der Waals surface area contributed by atoms with Crippen LogP contribution in [0.25, 0.3) is 6.08 Å². The van der Waals surface area contributed by atoms with Crippen LogP contribution >= 0.6 is 0 Å². The Morgan fingerprint density at radius 1 is 0.941 bits per heavy atom. The third-order valence-corrected chi connectivity index (χ3v) is 6.35. The zero-order valence-corrected chi connectivity index (χ0v) is 19.1. The van der Waals surface area contributed by atoms with E-state index in [0.717, 1.165) is 11.1 Å².